The highest BCUT2D eigenvalue weighted by Crippen LogP contribution is 2.14. The molecule has 0 saturated heterocycles. The second-order valence-corrected chi connectivity index (χ2v) is 4.71. The standard InChI is InChI=1S/C11H12N4O2S/c16-18(17)5-4-9-2-1-3-10(6-9)15-11-13-7-12-8-14-11/h1-3,6-8,18H,4-5H2,(H,12,13,14,15). The third-order valence-electron chi connectivity index (χ3n) is 2.26. The van der Waals surface area contributed by atoms with Crippen LogP contribution in [0, 0.1) is 0 Å². The SMILES string of the molecule is O=[SH](=O)CCc1cccc(Nc2ncncn2)c1. The number of benzene rings is 1. The number of anilines is 2. The van der Waals surface area contributed by atoms with Crippen LogP contribution in [0.3, 0.4) is 0 Å². The molecule has 0 unspecified atom stereocenters. The Morgan fingerprint density at radius 1 is 1.17 bits per heavy atom. The molecule has 0 amide bonds. The van der Waals surface area contributed by atoms with E-state index in [9.17, 15) is 8.42 Å². The van der Waals surface area contributed by atoms with Gasteiger partial charge >= 0.3 is 0 Å². The van der Waals surface area contributed by atoms with E-state index in [2.05, 4.69) is 20.3 Å². The topological polar surface area (TPSA) is 84.8 Å². The van der Waals surface area contributed by atoms with Gasteiger partial charge in [-0.25, -0.2) is 23.4 Å². The lowest BCUT2D eigenvalue weighted by molar-refractivity contribution is 0.614. The maximum atomic E-state index is 10.5. The Hall–Kier alpha value is -2.02. The van der Waals surface area contributed by atoms with Crippen LogP contribution < -0.4 is 5.32 Å². The molecule has 1 aromatic heterocycles. The van der Waals surface area contributed by atoms with Gasteiger partial charge in [-0.3, -0.25) is 0 Å². The van der Waals surface area contributed by atoms with Gasteiger partial charge in [0.2, 0.25) is 5.95 Å². The highest BCUT2D eigenvalue weighted by Gasteiger charge is 1.99. The molecule has 94 valence electrons. The van der Waals surface area contributed by atoms with E-state index in [0.29, 0.717) is 12.4 Å². The molecule has 2 rings (SSSR count). The number of nitrogens with zero attached hydrogens (tertiary/aromatic N) is 3. The molecule has 7 heteroatoms. The minimum absolute atomic E-state index is 0.157. The van der Waals surface area contributed by atoms with E-state index in [4.69, 9.17) is 0 Å². The molecule has 0 radical (unpaired) electrons. The van der Waals surface area contributed by atoms with Crippen molar-refractivity contribution in [3.63, 3.8) is 0 Å². The van der Waals surface area contributed by atoms with E-state index >= 15 is 0 Å². The molecule has 0 bridgehead atoms. The van der Waals surface area contributed by atoms with Crippen LogP contribution in [-0.4, -0.2) is 29.1 Å². The minimum Gasteiger partial charge on any atom is -0.324 e. The zero-order valence-corrected chi connectivity index (χ0v) is 10.4. The van der Waals surface area contributed by atoms with E-state index < -0.39 is 10.7 Å². The zero-order valence-electron chi connectivity index (χ0n) is 9.48. The first kappa shape index (κ1) is 12.4. The maximum absolute atomic E-state index is 10.5. The molecule has 0 atom stereocenters. The molecule has 0 spiro atoms. The largest absolute Gasteiger partial charge is 0.324 e. The van der Waals surface area contributed by atoms with Crippen LogP contribution in [0.2, 0.25) is 0 Å². The molecule has 0 saturated carbocycles. The summed E-state index contributed by atoms with van der Waals surface area (Å²) in [5.41, 5.74) is 1.77. The Morgan fingerprint density at radius 3 is 2.67 bits per heavy atom. The van der Waals surface area contributed by atoms with Gasteiger partial charge in [0.1, 0.15) is 23.4 Å². The third kappa shape index (κ3) is 3.77. The Balaban J connectivity index is 2.07. The predicted octanol–water partition coefficient (Wildman–Crippen LogP) is 0.769. The van der Waals surface area contributed by atoms with Crippen molar-refractivity contribution in [3.05, 3.63) is 42.5 Å². The molecule has 0 aliphatic rings. The van der Waals surface area contributed by atoms with Gasteiger partial charge in [0.05, 0.1) is 5.75 Å². The van der Waals surface area contributed by atoms with Crippen molar-refractivity contribution in [3.8, 4) is 0 Å². The first-order chi connectivity index (χ1) is 8.74. The summed E-state index contributed by atoms with van der Waals surface area (Å²) in [6.45, 7) is 0. The molecule has 0 aliphatic carbocycles. The fraction of sp³-hybridized carbons (Fsp3) is 0.182. The van der Waals surface area contributed by atoms with Crippen molar-refractivity contribution in [2.24, 2.45) is 0 Å². The van der Waals surface area contributed by atoms with E-state index in [-0.39, 0.29) is 5.75 Å². The van der Waals surface area contributed by atoms with E-state index in [1.54, 1.807) is 0 Å². The van der Waals surface area contributed by atoms with Crippen LogP contribution >= 0.6 is 0 Å². The Labute approximate surface area is 106 Å². The molecular formula is C11H12N4O2S. The van der Waals surface area contributed by atoms with Gasteiger partial charge in [0.25, 0.3) is 0 Å². The maximum Gasteiger partial charge on any atom is 0.230 e. The summed E-state index contributed by atoms with van der Waals surface area (Å²) in [4.78, 5) is 11.6. The summed E-state index contributed by atoms with van der Waals surface area (Å²) in [5.74, 6) is 0.613. The first-order valence-electron chi connectivity index (χ1n) is 5.34. The molecule has 0 fully saturated rings. The number of aromatic nitrogens is 3. The highest BCUT2D eigenvalue weighted by atomic mass is 32.2. The fourth-order valence-electron chi connectivity index (χ4n) is 1.46. The van der Waals surface area contributed by atoms with Gasteiger partial charge in [-0.05, 0) is 24.1 Å². The molecule has 1 aromatic carbocycles. The Kier molecular flexibility index (Phi) is 4.19. The van der Waals surface area contributed by atoms with E-state index in [1.165, 1.54) is 12.7 Å². The first-order valence-corrected chi connectivity index (χ1v) is 6.70. The smallest absolute Gasteiger partial charge is 0.230 e. The molecule has 1 heterocycles. The summed E-state index contributed by atoms with van der Waals surface area (Å²) >= 11 is 0. The molecule has 2 aromatic rings. The number of aryl methyl sites for hydroxylation is 1. The van der Waals surface area contributed by atoms with Gasteiger partial charge in [-0.1, -0.05) is 12.1 Å². The van der Waals surface area contributed by atoms with Crippen molar-refractivity contribution in [2.75, 3.05) is 11.1 Å². The van der Waals surface area contributed by atoms with Gasteiger partial charge in [0.15, 0.2) is 0 Å². The molecule has 18 heavy (non-hydrogen) atoms. The highest BCUT2D eigenvalue weighted by molar-refractivity contribution is 7.72. The van der Waals surface area contributed by atoms with Crippen LogP contribution in [0.25, 0.3) is 0 Å². The summed E-state index contributed by atoms with van der Waals surface area (Å²) in [6.07, 6.45) is 3.31. The minimum atomic E-state index is -2.34. The number of rotatable bonds is 5. The summed E-state index contributed by atoms with van der Waals surface area (Å²) in [6, 6.07) is 7.49. The average Bonchev–Trinajstić information content (AvgIpc) is 2.38. The summed E-state index contributed by atoms with van der Waals surface area (Å²) < 4.78 is 21.1. The Bertz CT molecular complexity index is 579. The third-order valence-corrected chi connectivity index (χ3v) is 2.85. The van der Waals surface area contributed by atoms with Crippen molar-refractivity contribution in [1.29, 1.82) is 0 Å². The van der Waals surface area contributed by atoms with Gasteiger partial charge in [0, 0.05) is 5.69 Å². The van der Waals surface area contributed by atoms with Crippen molar-refractivity contribution >= 4 is 22.3 Å². The van der Waals surface area contributed by atoms with Gasteiger partial charge < -0.3 is 5.32 Å². The normalized spacial score (nSPS) is 10.5. The summed E-state index contributed by atoms with van der Waals surface area (Å²) in [5, 5.41) is 3.02. The van der Waals surface area contributed by atoms with Gasteiger partial charge in [-0.15, -0.1) is 0 Å². The lowest BCUT2D eigenvalue weighted by Crippen LogP contribution is -1.98. The lowest BCUT2D eigenvalue weighted by atomic mass is 10.1. The van der Waals surface area contributed by atoms with Crippen molar-refractivity contribution < 1.29 is 8.42 Å². The van der Waals surface area contributed by atoms with Crippen molar-refractivity contribution in [2.45, 2.75) is 6.42 Å². The van der Waals surface area contributed by atoms with Crippen LogP contribution in [0.5, 0.6) is 0 Å². The molecular weight excluding hydrogens is 252 g/mol. The second kappa shape index (κ2) is 6.06. The fourth-order valence-corrected chi connectivity index (χ4v) is 1.90. The quantitative estimate of drug-likeness (QED) is 0.776. The van der Waals surface area contributed by atoms with Crippen LogP contribution in [0.4, 0.5) is 11.6 Å². The van der Waals surface area contributed by atoms with Gasteiger partial charge in [-0.2, -0.15) is 0 Å². The number of nitrogens with one attached hydrogen (secondary N) is 1. The predicted molar refractivity (Wildman–Crippen MR) is 68.4 cm³/mol. The average molecular weight is 264 g/mol. The van der Waals surface area contributed by atoms with Crippen LogP contribution in [-0.2, 0) is 17.1 Å². The van der Waals surface area contributed by atoms with Crippen LogP contribution in [0.15, 0.2) is 36.9 Å². The van der Waals surface area contributed by atoms with Crippen LogP contribution in [0.1, 0.15) is 5.56 Å². The summed E-state index contributed by atoms with van der Waals surface area (Å²) in [7, 11) is -2.34. The molecule has 1 N–H and O–H groups in total. The van der Waals surface area contributed by atoms with Crippen molar-refractivity contribution in [1.82, 2.24) is 15.0 Å². The number of thiol groups is 1. The monoisotopic (exact) mass is 264 g/mol. The number of hydrogen-bond acceptors (Lipinski definition) is 6. The Morgan fingerprint density at radius 2 is 1.94 bits per heavy atom. The number of hydrogen-bond donors (Lipinski definition) is 2. The zero-order chi connectivity index (χ0) is 12.8. The molecule has 6 nitrogen and oxygen atoms in total. The second-order valence-electron chi connectivity index (χ2n) is 3.59. The molecule has 0 aliphatic heterocycles. The lowest BCUT2D eigenvalue weighted by Gasteiger charge is -2.05. The van der Waals surface area contributed by atoms with E-state index in [0.717, 1.165) is 11.3 Å². The van der Waals surface area contributed by atoms with E-state index in [1.807, 2.05) is 24.3 Å².